The topological polar surface area (TPSA) is 43.6 Å². The Hall–Kier alpha value is -1.68. The summed E-state index contributed by atoms with van der Waals surface area (Å²) in [5, 5.41) is 0. The van der Waals surface area contributed by atoms with Gasteiger partial charge in [0.2, 0.25) is 0 Å². The average molecular weight is 218 g/mol. The van der Waals surface area contributed by atoms with Gasteiger partial charge < -0.3 is 9.14 Å². The van der Waals surface area contributed by atoms with Crippen molar-refractivity contribution in [3.8, 4) is 0 Å². The van der Waals surface area contributed by atoms with Crippen LogP contribution in [0.25, 0.3) is 5.52 Å². The number of aromatic nitrogens is 2. The number of hydrogen-bond donors (Lipinski definition) is 0. The molecule has 2 rings (SSSR count). The van der Waals surface area contributed by atoms with Gasteiger partial charge in [0.1, 0.15) is 12.1 Å². The molecule has 0 amide bonds. The van der Waals surface area contributed by atoms with Crippen molar-refractivity contribution in [1.82, 2.24) is 9.38 Å². The summed E-state index contributed by atoms with van der Waals surface area (Å²) in [7, 11) is 1.69. The maximum Gasteiger partial charge on any atom is 0.150 e. The van der Waals surface area contributed by atoms with Gasteiger partial charge in [-0.1, -0.05) is 0 Å². The first kappa shape index (κ1) is 10.8. The van der Waals surface area contributed by atoms with Gasteiger partial charge >= 0.3 is 0 Å². The smallest absolute Gasteiger partial charge is 0.150 e. The quantitative estimate of drug-likeness (QED) is 0.567. The molecule has 0 aliphatic carbocycles. The van der Waals surface area contributed by atoms with Gasteiger partial charge in [-0.05, 0) is 18.6 Å². The Kier molecular flexibility index (Phi) is 3.31. The van der Waals surface area contributed by atoms with Crippen molar-refractivity contribution < 1.29 is 9.53 Å². The molecule has 2 aromatic rings. The average Bonchev–Trinajstić information content (AvgIpc) is 2.72. The lowest BCUT2D eigenvalue weighted by molar-refractivity contribution is 0.112. The Morgan fingerprint density at radius 3 is 3.19 bits per heavy atom. The standard InChI is InChI=1S/C12H14N2O2/c1-16-6-2-3-12-13-8-11-7-10(9-15)4-5-14(11)12/h4-5,7-9H,2-3,6H2,1H3. The van der Waals surface area contributed by atoms with Gasteiger partial charge in [-0.3, -0.25) is 4.79 Å². The molecule has 84 valence electrons. The van der Waals surface area contributed by atoms with E-state index in [1.807, 2.05) is 16.7 Å². The van der Waals surface area contributed by atoms with Crippen LogP contribution in [0.2, 0.25) is 0 Å². The number of aryl methyl sites for hydroxylation is 1. The molecular weight excluding hydrogens is 204 g/mol. The summed E-state index contributed by atoms with van der Waals surface area (Å²) in [6, 6.07) is 3.63. The van der Waals surface area contributed by atoms with Crippen molar-refractivity contribution in [2.24, 2.45) is 0 Å². The molecule has 2 heterocycles. The predicted octanol–water partition coefficient (Wildman–Crippen LogP) is 1.73. The Labute approximate surface area is 93.9 Å². The molecular formula is C12H14N2O2. The maximum absolute atomic E-state index is 10.6. The number of rotatable bonds is 5. The molecule has 0 aliphatic rings. The van der Waals surface area contributed by atoms with Crippen molar-refractivity contribution in [2.75, 3.05) is 13.7 Å². The first-order chi connectivity index (χ1) is 7.85. The summed E-state index contributed by atoms with van der Waals surface area (Å²) in [5.74, 6) is 1.00. The number of pyridine rings is 1. The number of carbonyl (C=O) groups is 1. The second-order valence-electron chi connectivity index (χ2n) is 3.64. The van der Waals surface area contributed by atoms with Crippen LogP contribution in [0.4, 0.5) is 0 Å². The molecule has 0 spiro atoms. The minimum absolute atomic E-state index is 0.677. The molecule has 0 saturated carbocycles. The van der Waals surface area contributed by atoms with Crippen LogP contribution in [0.15, 0.2) is 24.5 Å². The number of nitrogens with zero attached hydrogens (tertiary/aromatic N) is 2. The lowest BCUT2D eigenvalue weighted by Gasteiger charge is -2.01. The van der Waals surface area contributed by atoms with Gasteiger partial charge in [0, 0.05) is 31.9 Å². The fraction of sp³-hybridized carbons (Fsp3) is 0.333. The third-order valence-electron chi connectivity index (χ3n) is 2.52. The SMILES string of the molecule is COCCCc1ncc2cc(C=O)ccn12. The second-order valence-corrected chi connectivity index (χ2v) is 3.64. The number of imidazole rings is 1. The normalized spacial score (nSPS) is 10.8. The molecule has 0 radical (unpaired) electrons. The van der Waals surface area contributed by atoms with E-state index in [-0.39, 0.29) is 0 Å². The second kappa shape index (κ2) is 4.90. The third-order valence-corrected chi connectivity index (χ3v) is 2.52. The Bertz CT molecular complexity index is 491. The van der Waals surface area contributed by atoms with Crippen molar-refractivity contribution in [3.05, 3.63) is 35.9 Å². The van der Waals surface area contributed by atoms with Crippen LogP contribution in [0.1, 0.15) is 22.6 Å². The molecule has 0 aliphatic heterocycles. The number of carbonyl (C=O) groups excluding carboxylic acids is 1. The molecule has 2 aromatic heterocycles. The number of fused-ring (bicyclic) bond motifs is 1. The van der Waals surface area contributed by atoms with Gasteiger partial charge in [-0.2, -0.15) is 0 Å². The number of ether oxygens (including phenoxy) is 1. The van der Waals surface area contributed by atoms with Crippen LogP contribution < -0.4 is 0 Å². The van der Waals surface area contributed by atoms with Crippen LogP contribution in [0.3, 0.4) is 0 Å². The predicted molar refractivity (Wildman–Crippen MR) is 60.8 cm³/mol. The van der Waals surface area contributed by atoms with Crippen LogP contribution in [0.5, 0.6) is 0 Å². The molecule has 0 saturated heterocycles. The van der Waals surface area contributed by atoms with Crippen LogP contribution in [-0.2, 0) is 11.2 Å². The minimum atomic E-state index is 0.677. The lowest BCUT2D eigenvalue weighted by Crippen LogP contribution is -1.98. The summed E-state index contributed by atoms with van der Waals surface area (Å²) in [6.45, 7) is 0.737. The van der Waals surface area contributed by atoms with Crippen LogP contribution in [-0.4, -0.2) is 29.4 Å². The fourth-order valence-corrected chi connectivity index (χ4v) is 1.71. The van der Waals surface area contributed by atoms with E-state index in [4.69, 9.17) is 4.74 Å². The monoisotopic (exact) mass is 218 g/mol. The lowest BCUT2D eigenvalue weighted by atomic mass is 10.2. The van der Waals surface area contributed by atoms with Gasteiger partial charge in [0.15, 0.2) is 0 Å². The van der Waals surface area contributed by atoms with E-state index in [2.05, 4.69) is 4.98 Å². The summed E-state index contributed by atoms with van der Waals surface area (Å²) >= 11 is 0. The molecule has 0 fully saturated rings. The van der Waals surface area contributed by atoms with Crippen molar-refractivity contribution >= 4 is 11.8 Å². The highest BCUT2D eigenvalue weighted by atomic mass is 16.5. The van der Waals surface area contributed by atoms with Crippen LogP contribution >= 0.6 is 0 Å². The Morgan fingerprint density at radius 2 is 2.44 bits per heavy atom. The molecule has 0 aromatic carbocycles. The fourth-order valence-electron chi connectivity index (χ4n) is 1.71. The van der Waals surface area contributed by atoms with Gasteiger partial charge in [0.05, 0.1) is 11.7 Å². The van der Waals surface area contributed by atoms with E-state index in [9.17, 15) is 4.79 Å². The zero-order valence-electron chi connectivity index (χ0n) is 9.22. The molecule has 4 heteroatoms. The summed E-state index contributed by atoms with van der Waals surface area (Å²) in [6.07, 6.45) is 6.34. The van der Waals surface area contributed by atoms with E-state index in [0.29, 0.717) is 5.56 Å². The summed E-state index contributed by atoms with van der Waals surface area (Å²) in [4.78, 5) is 15.0. The summed E-state index contributed by atoms with van der Waals surface area (Å²) < 4.78 is 7.01. The zero-order valence-corrected chi connectivity index (χ0v) is 9.22. The highest BCUT2D eigenvalue weighted by molar-refractivity contribution is 5.77. The zero-order chi connectivity index (χ0) is 11.4. The van der Waals surface area contributed by atoms with Gasteiger partial charge in [0.25, 0.3) is 0 Å². The van der Waals surface area contributed by atoms with E-state index in [1.165, 1.54) is 0 Å². The largest absolute Gasteiger partial charge is 0.385 e. The van der Waals surface area contributed by atoms with Gasteiger partial charge in [-0.25, -0.2) is 4.98 Å². The van der Waals surface area contributed by atoms with Gasteiger partial charge in [-0.15, -0.1) is 0 Å². The van der Waals surface area contributed by atoms with Crippen LogP contribution in [0, 0.1) is 0 Å². The van der Waals surface area contributed by atoms with Crippen molar-refractivity contribution in [3.63, 3.8) is 0 Å². The van der Waals surface area contributed by atoms with Crippen molar-refractivity contribution in [1.29, 1.82) is 0 Å². The number of aldehydes is 1. The molecule has 0 bridgehead atoms. The third kappa shape index (κ3) is 2.12. The molecule has 0 atom stereocenters. The maximum atomic E-state index is 10.6. The molecule has 0 unspecified atom stereocenters. The minimum Gasteiger partial charge on any atom is -0.385 e. The van der Waals surface area contributed by atoms with E-state index >= 15 is 0 Å². The molecule has 4 nitrogen and oxygen atoms in total. The highest BCUT2D eigenvalue weighted by Crippen LogP contribution is 2.10. The highest BCUT2D eigenvalue weighted by Gasteiger charge is 2.03. The number of hydrogen-bond acceptors (Lipinski definition) is 3. The van der Waals surface area contributed by atoms with Crippen molar-refractivity contribution in [2.45, 2.75) is 12.8 Å². The summed E-state index contributed by atoms with van der Waals surface area (Å²) in [5.41, 5.74) is 1.63. The first-order valence-corrected chi connectivity index (χ1v) is 5.25. The number of methoxy groups -OCH3 is 1. The first-order valence-electron chi connectivity index (χ1n) is 5.25. The Morgan fingerprint density at radius 1 is 1.56 bits per heavy atom. The van der Waals surface area contributed by atoms with E-state index < -0.39 is 0 Å². The Balaban J connectivity index is 2.23. The van der Waals surface area contributed by atoms with E-state index in [0.717, 1.165) is 37.1 Å². The molecule has 16 heavy (non-hydrogen) atoms. The molecule has 0 N–H and O–H groups in total. The van der Waals surface area contributed by atoms with E-state index in [1.54, 1.807) is 19.4 Å².